The van der Waals surface area contributed by atoms with Gasteiger partial charge in [-0.05, 0) is 37.0 Å². The van der Waals surface area contributed by atoms with Crippen molar-refractivity contribution in [1.29, 1.82) is 0 Å². The van der Waals surface area contributed by atoms with Crippen molar-refractivity contribution in [1.82, 2.24) is 15.0 Å². The first-order chi connectivity index (χ1) is 12.8. The van der Waals surface area contributed by atoms with Crippen LogP contribution in [0, 0.1) is 0 Å². The van der Waals surface area contributed by atoms with Crippen LogP contribution in [0.2, 0.25) is 0 Å². The highest BCUT2D eigenvalue weighted by atomic mass is 16.5. The molecule has 2 aromatic rings. The molecule has 0 spiro atoms. The number of anilines is 2. The maximum absolute atomic E-state index is 9.13. The lowest BCUT2D eigenvalue weighted by atomic mass is 10.0. The molecule has 1 atom stereocenters. The van der Waals surface area contributed by atoms with Crippen LogP contribution in [-0.4, -0.2) is 52.5 Å². The second-order valence-corrected chi connectivity index (χ2v) is 6.90. The molecule has 2 fully saturated rings. The molecule has 26 heavy (non-hydrogen) atoms. The van der Waals surface area contributed by atoms with Crippen molar-refractivity contribution >= 4 is 11.8 Å². The highest BCUT2D eigenvalue weighted by molar-refractivity contribution is 5.48. The fraction of sp³-hybridized carbons (Fsp3) is 0.526. The molecule has 1 saturated carbocycles. The van der Waals surface area contributed by atoms with Crippen LogP contribution >= 0.6 is 0 Å². The van der Waals surface area contributed by atoms with Gasteiger partial charge in [0.2, 0.25) is 5.95 Å². The lowest BCUT2D eigenvalue weighted by Gasteiger charge is -2.25. The normalized spacial score (nSPS) is 19.5. The van der Waals surface area contributed by atoms with Crippen molar-refractivity contribution in [2.24, 2.45) is 0 Å². The third-order valence-electron chi connectivity index (χ3n) is 4.86. The van der Waals surface area contributed by atoms with Gasteiger partial charge in [0.05, 0.1) is 18.9 Å². The van der Waals surface area contributed by atoms with Crippen molar-refractivity contribution in [3.63, 3.8) is 0 Å². The van der Waals surface area contributed by atoms with Gasteiger partial charge in [0.15, 0.2) is 0 Å². The summed E-state index contributed by atoms with van der Waals surface area (Å²) in [7, 11) is 0. The molecule has 7 heteroatoms. The Kier molecular flexibility index (Phi) is 5.26. The average molecular weight is 355 g/mol. The zero-order valence-electron chi connectivity index (χ0n) is 14.8. The fourth-order valence-corrected chi connectivity index (χ4v) is 3.29. The zero-order valence-corrected chi connectivity index (χ0v) is 14.8. The number of pyridine rings is 1. The standard InChI is InChI=1S/C19H25N5O2/c25-9-8-21-19-22-17(15-5-10-26-13-15)11-18(23-19)24(16-1-2-16)12-14-3-6-20-7-4-14/h3-4,6-7,11,15-16,25H,1-2,5,8-10,12-13H2,(H,21,22,23)/t15-/m1/s1. The molecule has 1 aliphatic carbocycles. The summed E-state index contributed by atoms with van der Waals surface area (Å²) in [6.07, 6.45) is 7.03. The molecule has 1 aliphatic heterocycles. The molecule has 0 bridgehead atoms. The summed E-state index contributed by atoms with van der Waals surface area (Å²) in [5.41, 5.74) is 2.24. The number of hydrogen-bond donors (Lipinski definition) is 2. The van der Waals surface area contributed by atoms with E-state index in [-0.39, 0.29) is 6.61 Å². The monoisotopic (exact) mass is 355 g/mol. The summed E-state index contributed by atoms with van der Waals surface area (Å²) in [6.45, 7) is 2.80. The summed E-state index contributed by atoms with van der Waals surface area (Å²) < 4.78 is 5.55. The Bertz CT molecular complexity index is 717. The van der Waals surface area contributed by atoms with E-state index < -0.39 is 0 Å². The molecule has 0 amide bonds. The lowest BCUT2D eigenvalue weighted by Crippen LogP contribution is -2.27. The van der Waals surface area contributed by atoms with E-state index in [1.807, 2.05) is 24.5 Å². The molecule has 1 saturated heterocycles. The Labute approximate surface area is 153 Å². The molecule has 3 heterocycles. The van der Waals surface area contributed by atoms with Crippen LogP contribution in [0.4, 0.5) is 11.8 Å². The second-order valence-electron chi connectivity index (χ2n) is 6.90. The van der Waals surface area contributed by atoms with Gasteiger partial charge in [-0.1, -0.05) is 0 Å². The second kappa shape index (κ2) is 7.97. The van der Waals surface area contributed by atoms with Crippen molar-refractivity contribution in [2.45, 2.75) is 37.8 Å². The minimum atomic E-state index is 0.0544. The zero-order chi connectivity index (χ0) is 17.8. The van der Waals surface area contributed by atoms with E-state index in [0.717, 1.165) is 31.1 Å². The first-order valence-electron chi connectivity index (χ1n) is 9.30. The van der Waals surface area contributed by atoms with E-state index in [1.54, 1.807) is 0 Å². The number of hydrogen-bond acceptors (Lipinski definition) is 7. The van der Waals surface area contributed by atoms with Gasteiger partial charge >= 0.3 is 0 Å². The van der Waals surface area contributed by atoms with Crippen LogP contribution in [0.15, 0.2) is 30.6 Å². The van der Waals surface area contributed by atoms with Gasteiger partial charge < -0.3 is 20.1 Å². The number of ether oxygens (including phenoxy) is 1. The number of aromatic nitrogens is 3. The van der Waals surface area contributed by atoms with Gasteiger partial charge in [-0.2, -0.15) is 4.98 Å². The predicted octanol–water partition coefficient (Wildman–Crippen LogP) is 1.95. The van der Waals surface area contributed by atoms with Gasteiger partial charge in [-0.3, -0.25) is 4.98 Å². The van der Waals surface area contributed by atoms with E-state index in [1.165, 1.54) is 18.4 Å². The van der Waals surface area contributed by atoms with Gasteiger partial charge in [-0.15, -0.1) is 0 Å². The van der Waals surface area contributed by atoms with Crippen LogP contribution in [0.5, 0.6) is 0 Å². The number of aliphatic hydroxyl groups excluding tert-OH is 1. The third kappa shape index (κ3) is 4.11. The van der Waals surface area contributed by atoms with Gasteiger partial charge in [0.25, 0.3) is 0 Å². The number of rotatable bonds is 8. The van der Waals surface area contributed by atoms with E-state index in [4.69, 9.17) is 14.8 Å². The largest absolute Gasteiger partial charge is 0.395 e. The highest BCUT2D eigenvalue weighted by Gasteiger charge is 2.31. The number of nitrogens with one attached hydrogen (secondary N) is 1. The topological polar surface area (TPSA) is 83.4 Å². The summed E-state index contributed by atoms with van der Waals surface area (Å²) in [4.78, 5) is 15.9. The Hall–Kier alpha value is -2.25. The van der Waals surface area contributed by atoms with Crippen molar-refractivity contribution in [3.8, 4) is 0 Å². The summed E-state index contributed by atoms with van der Waals surface area (Å²) >= 11 is 0. The average Bonchev–Trinajstić information content (AvgIpc) is 3.37. The summed E-state index contributed by atoms with van der Waals surface area (Å²) in [5, 5.41) is 12.3. The van der Waals surface area contributed by atoms with E-state index >= 15 is 0 Å². The molecule has 4 rings (SSSR count). The molecule has 2 aromatic heterocycles. The molecular formula is C19H25N5O2. The molecule has 0 radical (unpaired) electrons. The van der Waals surface area contributed by atoms with Crippen molar-refractivity contribution in [3.05, 3.63) is 41.9 Å². The molecule has 2 aliphatic rings. The molecule has 138 valence electrons. The number of aliphatic hydroxyl groups is 1. The lowest BCUT2D eigenvalue weighted by molar-refractivity contribution is 0.193. The smallest absolute Gasteiger partial charge is 0.224 e. The molecule has 0 aromatic carbocycles. The van der Waals surface area contributed by atoms with Gasteiger partial charge in [0, 0.05) is 50.1 Å². The van der Waals surface area contributed by atoms with Crippen LogP contribution < -0.4 is 10.2 Å². The van der Waals surface area contributed by atoms with Crippen molar-refractivity contribution < 1.29 is 9.84 Å². The summed E-state index contributed by atoms with van der Waals surface area (Å²) in [6, 6.07) is 6.74. The van der Waals surface area contributed by atoms with E-state index in [2.05, 4.69) is 26.3 Å². The van der Waals surface area contributed by atoms with Gasteiger partial charge in [-0.25, -0.2) is 4.98 Å². The summed E-state index contributed by atoms with van der Waals surface area (Å²) in [5.74, 6) is 1.84. The van der Waals surface area contributed by atoms with Crippen LogP contribution in [0.1, 0.15) is 36.4 Å². The maximum Gasteiger partial charge on any atom is 0.224 e. The SMILES string of the molecule is OCCNc1nc([C@@H]2CCOC2)cc(N(Cc2ccncc2)C2CC2)n1. The van der Waals surface area contributed by atoms with Crippen LogP contribution in [0.3, 0.4) is 0 Å². The van der Waals surface area contributed by atoms with E-state index in [9.17, 15) is 0 Å². The van der Waals surface area contributed by atoms with Crippen LogP contribution in [-0.2, 0) is 11.3 Å². The Morgan fingerprint density at radius 2 is 2.04 bits per heavy atom. The predicted molar refractivity (Wildman–Crippen MR) is 99.2 cm³/mol. The molecule has 0 unspecified atom stereocenters. The van der Waals surface area contributed by atoms with E-state index in [0.29, 0.717) is 31.1 Å². The van der Waals surface area contributed by atoms with Crippen molar-refractivity contribution in [2.75, 3.05) is 36.6 Å². The van der Waals surface area contributed by atoms with Gasteiger partial charge in [0.1, 0.15) is 5.82 Å². The molecule has 2 N–H and O–H groups in total. The first kappa shape index (κ1) is 17.2. The third-order valence-corrected chi connectivity index (χ3v) is 4.86. The Morgan fingerprint density at radius 3 is 2.73 bits per heavy atom. The first-order valence-corrected chi connectivity index (χ1v) is 9.30. The fourth-order valence-electron chi connectivity index (χ4n) is 3.29. The highest BCUT2D eigenvalue weighted by Crippen LogP contribution is 2.34. The maximum atomic E-state index is 9.13. The Balaban J connectivity index is 1.64. The van der Waals surface area contributed by atoms with Crippen LogP contribution in [0.25, 0.3) is 0 Å². The molecule has 7 nitrogen and oxygen atoms in total. The minimum Gasteiger partial charge on any atom is -0.395 e. The number of nitrogens with zero attached hydrogens (tertiary/aromatic N) is 4. The quantitative estimate of drug-likeness (QED) is 0.749. The minimum absolute atomic E-state index is 0.0544. The molecular weight excluding hydrogens is 330 g/mol. The Morgan fingerprint density at radius 1 is 1.19 bits per heavy atom.